The van der Waals surface area contributed by atoms with Crippen molar-refractivity contribution >= 4 is 11.8 Å². The van der Waals surface area contributed by atoms with Crippen molar-refractivity contribution in [2.45, 2.75) is 53.2 Å². The van der Waals surface area contributed by atoms with Gasteiger partial charge in [-0.05, 0) is 30.8 Å². The minimum atomic E-state index is 0.121. The molecule has 1 aromatic heterocycles. The second kappa shape index (κ2) is 7.77. The highest BCUT2D eigenvalue weighted by Crippen LogP contribution is 2.17. The van der Waals surface area contributed by atoms with Crippen LogP contribution in [-0.2, 0) is 26.0 Å². The summed E-state index contributed by atoms with van der Waals surface area (Å²) in [7, 11) is 0. The van der Waals surface area contributed by atoms with Gasteiger partial charge in [0.05, 0.1) is 12.3 Å². The van der Waals surface area contributed by atoms with Gasteiger partial charge in [0.1, 0.15) is 0 Å². The minimum Gasteiger partial charge on any atom is -0.392 e. The van der Waals surface area contributed by atoms with Crippen LogP contribution in [0.1, 0.15) is 44.1 Å². The van der Waals surface area contributed by atoms with Crippen LogP contribution in [0.3, 0.4) is 0 Å². The fourth-order valence-corrected chi connectivity index (χ4v) is 2.72. The van der Waals surface area contributed by atoms with E-state index < -0.39 is 0 Å². The molecule has 0 aliphatic carbocycles. The lowest BCUT2D eigenvalue weighted by atomic mass is 10.1. The van der Waals surface area contributed by atoms with Crippen molar-refractivity contribution in [3.63, 3.8) is 0 Å². The number of aromatic nitrogens is 2. The summed E-state index contributed by atoms with van der Waals surface area (Å²) < 4.78 is 2.10. The molecule has 0 amide bonds. The Bertz CT molecular complexity index is 336. The van der Waals surface area contributed by atoms with Gasteiger partial charge >= 0.3 is 0 Å². The Hall–Kier alpha value is -0.480. The van der Waals surface area contributed by atoms with E-state index in [4.69, 9.17) is 0 Å². The van der Waals surface area contributed by atoms with Gasteiger partial charge in [0.25, 0.3) is 0 Å². The van der Waals surface area contributed by atoms with E-state index in [1.807, 2.05) is 11.8 Å². The lowest BCUT2D eigenvalue weighted by molar-refractivity contribution is 0.279. The topological polar surface area (TPSA) is 38.0 Å². The Kier molecular flexibility index (Phi) is 6.66. The summed E-state index contributed by atoms with van der Waals surface area (Å²) in [6.07, 6.45) is 3.00. The highest BCUT2D eigenvalue weighted by molar-refractivity contribution is 7.99. The van der Waals surface area contributed by atoms with E-state index in [1.54, 1.807) is 0 Å². The molecular formula is C13H24N2OS. The fourth-order valence-electron chi connectivity index (χ4n) is 2.10. The molecule has 0 saturated heterocycles. The van der Waals surface area contributed by atoms with Gasteiger partial charge in [-0.25, -0.2) is 0 Å². The first-order valence-corrected chi connectivity index (χ1v) is 7.69. The molecule has 3 nitrogen and oxygen atoms in total. The van der Waals surface area contributed by atoms with E-state index in [9.17, 15) is 5.11 Å². The molecule has 0 aromatic carbocycles. The maximum Gasteiger partial charge on any atom is 0.0718 e. The fraction of sp³-hybridized carbons (Fsp3) is 0.769. The average Bonchev–Trinajstić information content (AvgIpc) is 2.71. The predicted octanol–water partition coefficient (Wildman–Crippen LogP) is 2.64. The van der Waals surface area contributed by atoms with Gasteiger partial charge < -0.3 is 5.11 Å². The summed E-state index contributed by atoms with van der Waals surface area (Å²) in [5.74, 6) is 2.37. The number of aliphatic hydroxyl groups excluding tert-OH is 1. The number of hydrogen-bond donors (Lipinski definition) is 1. The summed E-state index contributed by atoms with van der Waals surface area (Å²) in [5.41, 5.74) is 3.33. The SMILES string of the molecule is CCSCCCn1nc(CC)c(CO)c1CC. The van der Waals surface area contributed by atoms with E-state index in [-0.39, 0.29) is 6.61 Å². The summed E-state index contributed by atoms with van der Waals surface area (Å²) in [4.78, 5) is 0. The summed E-state index contributed by atoms with van der Waals surface area (Å²) in [5, 5.41) is 14.0. The number of hydrogen-bond acceptors (Lipinski definition) is 3. The van der Waals surface area contributed by atoms with Crippen molar-refractivity contribution in [2.75, 3.05) is 11.5 Å². The smallest absolute Gasteiger partial charge is 0.0718 e. The number of nitrogens with zero attached hydrogens (tertiary/aromatic N) is 2. The largest absolute Gasteiger partial charge is 0.392 e. The maximum atomic E-state index is 9.43. The number of thioether (sulfide) groups is 1. The van der Waals surface area contributed by atoms with Crippen LogP contribution in [0, 0.1) is 0 Å². The number of aliphatic hydroxyl groups is 1. The Morgan fingerprint density at radius 1 is 1.24 bits per heavy atom. The van der Waals surface area contributed by atoms with E-state index in [0.717, 1.165) is 37.1 Å². The van der Waals surface area contributed by atoms with Crippen molar-refractivity contribution in [2.24, 2.45) is 0 Å². The third-order valence-corrected chi connectivity index (χ3v) is 3.93. The first-order valence-electron chi connectivity index (χ1n) is 6.54. The zero-order chi connectivity index (χ0) is 12.7. The lowest BCUT2D eigenvalue weighted by Gasteiger charge is -2.06. The average molecular weight is 256 g/mol. The van der Waals surface area contributed by atoms with Crippen LogP contribution in [0.25, 0.3) is 0 Å². The standard InChI is InChI=1S/C13H24N2OS/c1-4-12-11(10-16)13(5-2)15(14-12)8-7-9-17-6-3/h16H,4-10H2,1-3H3. The van der Waals surface area contributed by atoms with Crippen LogP contribution >= 0.6 is 11.8 Å². The molecule has 1 heterocycles. The first kappa shape index (κ1) is 14.6. The van der Waals surface area contributed by atoms with E-state index >= 15 is 0 Å². The summed E-state index contributed by atoms with van der Waals surface area (Å²) in [6.45, 7) is 7.51. The second-order valence-electron chi connectivity index (χ2n) is 4.01. The highest BCUT2D eigenvalue weighted by atomic mass is 32.2. The molecule has 1 aromatic rings. The van der Waals surface area contributed by atoms with Crippen molar-refractivity contribution in [1.82, 2.24) is 9.78 Å². The molecule has 0 spiro atoms. The Balaban J connectivity index is 2.73. The molecule has 0 aliphatic rings. The number of rotatable bonds is 8. The second-order valence-corrected chi connectivity index (χ2v) is 5.40. The van der Waals surface area contributed by atoms with Crippen LogP contribution in [0.5, 0.6) is 0 Å². The number of aryl methyl sites for hydroxylation is 2. The molecule has 98 valence electrons. The molecule has 0 aliphatic heterocycles. The normalized spacial score (nSPS) is 11.1. The van der Waals surface area contributed by atoms with Gasteiger partial charge in [0.2, 0.25) is 0 Å². The minimum absolute atomic E-state index is 0.121. The van der Waals surface area contributed by atoms with Gasteiger partial charge in [0.15, 0.2) is 0 Å². The maximum absolute atomic E-state index is 9.43. The van der Waals surface area contributed by atoms with Gasteiger partial charge in [-0.3, -0.25) is 4.68 Å². The zero-order valence-electron chi connectivity index (χ0n) is 11.2. The Labute approximate surface area is 109 Å². The van der Waals surface area contributed by atoms with E-state index in [2.05, 4.69) is 30.6 Å². The third kappa shape index (κ3) is 3.75. The van der Waals surface area contributed by atoms with Crippen LogP contribution in [0.15, 0.2) is 0 Å². The van der Waals surface area contributed by atoms with Crippen molar-refractivity contribution in [1.29, 1.82) is 0 Å². The molecule has 0 bridgehead atoms. The quantitative estimate of drug-likeness (QED) is 0.727. The summed E-state index contributed by atoms with van der Waals surface area (Å²) in [6, 6.07) is 0. The van der Waals surface area contributed by atoms with Gasteiger partial charge in [-0.1, -0.05) is 20.8 Å². The highest BCUT2D eigenvalue weighted by Gasteiger charge is 2.13. The molecule has 4 heteroatoms. The van der Waals surface area contributed by atoms with Gasteiger partial charge in [-0.15, -0.1) is 0 Å². The molecule has 0 saturated carbocycles. The Morgan fingerprint density at radius 3 is 2.53 bits per heavy atom. The molecular weight excluding hydrogens is 232 g/mol. The Morgan fingerprint density at radius 2 is 2.00 bits per heavy atom. The van der Waals surface area contributed by atoms with Crippen molar-refractivity contribution in [3.8, 4) is 0 Å². The van der Waals surface area contributed by atoms with E-state index in [0.29, 0.717) is 0 Å². The van der Waals surface area contributed by atoms with Crippen molar-refractivity contribution < 1.29 is 5.11 Å². The van der Waals surface area contributed by atoms with Crippen molar-refractivity contribution in [3.05, 3.63) is 17.0 Å². The molecule has 0 atom stereocenters. The molecule has 0 unspecified atom stereocenters. The van der Waals surface area contributed by atoms with Gasteiger partial charge in [-0.2, -0.15) is 16.9 Å². The monoisotopic (exact) mass is 256 g/mol. The van der Waals surface area contributed by atoms with Crippen LogP contribution in [0.2, 0.25) is 0 Å². The molecule has 0 radical (unpaired) electrons. The third-order valence-electron chi connectivity index (χ3n) is 2.94. The predicted molar refractivity (Wildman–Crippen MR) is 74.5 cm³/mol. The molecule has 0 fully saturated rings. The first-order chi connectivity index (χ1) is 8.28. The van der Waals surface area contributed by atoms with E-state index in [1.165, 1.54) is 17.2 Å². The zero-order valence-corrected chi connectivity index (χ0v) is 12.0. The van der Waals surface area contributed by atoms with Crippen LogP contribution in [-0.4, -0.2) is 26.4 Å². The van der Waals surface area contributed by atoms with Crippen LogP contribution < -0.4 is 0 Å². The molecule has 1 N–H and O–H groups in total. The lowest BCUT2D eigenvalue weighted by Crippen LogP contribution is -2.06. The molecule has 17 heavy (non-hydrogen) atoms. The molecule has 1 rings (SSSR count). The van der Waals surface area contributed by atoms with Crippen LogP contribution in [0.4, 0.5) is 0 Å². The summed E-state index contributed by atoms with van der Waals surface area (Å²) >= 11 is 1.97. The van der Waals surface area contributed by atoms with Gasteiger partial charge in [0, 0.05) is 17.8 Å².